The van der Waals surface area contributed by atoms with Gasteiger partial charge in [0.2, 0.25) is 5.91 Å². The number of hydrogen-bond donors (Lipinski definition) is 2. The Hall–Kier alpha value is -1.93. The number of carbonyl (C=O) groups excluding carboxylic acids is 1. The number of amides is 1. The second-order valence-electron chi connectivity index (χ2n) is 7.41. The second kappa shape index (κ2) is 11.1. The zero-order chi connectivity index (χ0) is 22.4. The number of halogens is 3. The summed E-state index contributed by atoms with van der Waals surface area (Å²) in [6, 6.07) is 6.90. The van der Waals surface area contributed by atoms with Crippen LogP contribution in [0.25, 0.3) is 0 Å². The molecule has 0 bridgehead atoms. The van der Waals surface area contributed by atoms with Crippen LogP contribution in [0.4, 0.5) is 8.78 Å². The standard InChI is InChI=1S/C21H23BrF2N4O2S/c22-17-10-15(23)11-18(24)20(17)31-26-19(5-9-27-6-1-2-16(27)12-25)21(30)28-7-3-14(13-29)4-8-28/h1-2,6,10-11,14,19,26,29H,3-5,7-9,13H2. The van der Waals surface area contributed by atoms with Crippen LogP contribution in [-0.4, -0.2) is 46.2 Å². The van der Waals surface area contributed by atoms with Crippen molar-refractivity contribution < 1.29 is 18.7 Å². The average molecular weight is 513 g/mol. The highest BCUT2D eigenvalue weighted by atomic mass is 79.9. The fourth-order valence-electron chi connectivity index (χ4n) is 3.52. The van der Waals surface area contributed by atoms with Crippen molar-refractivity contribution in [3.05, 3.63) is 52.3 Å². The second-order valence-corrected chi connectivity index (χ2v) is 9.11. The number of aliphatic hydroxyl groups is 1. The first-order chi connectivity index (χ1) is 14.9. The number of aromatic nitrogens is 1. The summed E-state index contributed by atoms with van der Waals surface area (Å²) in [5, 5.41) is 18.5. The van der Waals surface area contributed by atoms with Crippen molar-refractivity contribution in [2.75, 3.05) is 19.7 Å². The monoisotopic (exact) mass is 512 g/mol. The Morgan fingerprint density at radius 3 is 2.77 bits per heavy atom. The topological polar surface area (TPSA) is 81.3 Å². The third-order valence-corrected chi connectivity index (χ3v) is 7.26. The van der Waals surface area contributed by atoms with Crippen LogP contribution in [0.2, 0.25) is 0 Å². The summed E-state index contributed by atoms with van der Waals surface area (Å²) in [7, 11) is 0. The van der Waals surface area contributed by atoms with Crippen LogP contribution in [-0.2, 0) is 11.3 Å². The van der Waals surface area contributed by atoms with E-state index in [4.69, 9.17) is 0 Å². The molecule has 3 rings (SSSR count). The van der Waals surface area contributed by atoms with Gasteiger partial charge in [0.25, 0.3) is 0 Å². The van der Waals surface area contributed by atoms with E-state index >= 15 is 0 Å². The lowest BCUT2D eigenvalue weighted by molar-refractivity contribution is -0.134. The molecule has 0 aliphatic carbocycles. The van der Waals surface area contributed by atoms with Gasteiger partial charge in [-0.15, -0.1) is 0 Å². The van der Waals surface area contributed by atoms with E-state index in [1.165, 1.54) is 6.07 Å². The van der Waals surface area contributed by atoms with E-state index in [9.17, 15) is 23.9 Å². The molecule has 1 fully saturated rings. The predicted molar refractivity (Wildman–Crippen MR) is 117 cm³/mol. The van der Waals surface area contributed by atoms with Gasteiger partial charge in [0, 0.05) is 43.0 Å². The SMILES string of the molecule is N#Cc1cccn1CCC(NSc1c(F)cc(F)cc1Br)C(=O)N1CCC(CO)CC1. The molecule has 31 heavy (non-hydrogen) atoms. The molecule has 2 aromatic rings. The summed E-state index contributed by atoms with van der Waals surface area (Å²) in [6.07, 6.45) is 3.62. The molecule has 1 saturated heterocycles. The summed E-state index contributed by atoms with van der Waals surface area (Å²) in [4.78, 5) is 15.1. The molecule has 166 valence electrons. The molecule has 1 aromatic heterocycles. The van der Waals surface area contributed by atoms with Gasteiger partial charge in [-0.1, -0.05) is 0 Å². The molecule has 2 heterocycles. The van der Waals surface area contributed by atoms with Crippen LogP contribution in [0.15, 0.2) is 39.8 Å². The van der Waals surface area contributed by atoms with Gasteiger partial charge >= 0.3 is 0 Å². The Kier molecular flexibility index (Phi) is 8.49. The third-order valence-electron chi connectivity index (χ3n) is 5.35. The van der Waals surface area contributed by atoms with Crippen molar-refractivity contribution in [3.8, 4) is 6.07 Å². The zero-order valence-electron chi connectivity index (χ0n) is 16.7. The molecule has 6 nitrogen and oxygen atoms in total. The van der Waals surface area contributed by atoms with Crippen molar-refractivity contribution in [3.63, 3.8) is 0 Å². The first-order valence-electron chi connectivity index (χ1n) is 9.94. The maximum Gasteiger partial charge on any atom is 0.240 e. The maximum atomic E-state index is 14.2. The lowest BCUT2D eigenvalue weighted by Crippen LogP contribution is -2.48. The number of nitrogens with zero attached hydrogens (tertiary/aromatic N) is 3. The fourth-order valence-corrected chi connectivity index (χ4v) is 4.97. The summed E-state index contributed by atoms with van der Waals surface area (Å²) < 4.78 is 32.7. The highest BCUT2D eigenvalue weighted by molar-refractivity contribution is 9.10. The van der Waals surface area contributed by atoms with Crippen molar-refractivity contribution in [1.82, 2.24) is 14.2 Å². The highest BCUT2D eigenvalue weighted by Gasteiger charge is 2.28. The number of likely N-dealkylation sites (tertiary alicyclic amines) is 1. The molecule has 0 saturated carbocycles. The number of rotatable bonds is 8. The van der Waals surface area contributed by atoms with Crippen molar-refractivity contribution in [2.45, 2.75) is 36.7 Å². The van der Waals surface area contributed by atoms with Gasteiger partial charge in [-0.3, -0.25) is 4.79 Å². The number of aryl methyl sites for hydroxylation is 1. The fraction of sp³-hybridized carbons (Fsp3) is 0.429. The minimum absolute atomic E-state index is 0.113. The molecule has 1 aromatic carbocycles. The quantitative estimate of drug-likeness (QED) is 0.527. The van der Waals surface area contributed by atoms with Crippen LogP contribution >= 0.6 is 27.9 Å². The van der Waals surface area contributed by atoms with E-state index in [-0.39, 0.29) is 27.8 Å². The van der Waals surface area contributed by atoms with E-state index in [2.05, 4.69) is 26.7 Å². The number of benzene rings is 1. The number of aliphatic hydroxyl groups excluding tert-OH is 1. The first-order valence-corrected chi connectivity index (χ1v) is 11.6. The number of nitriles is 1. The molecule has 1 unspecified atom stereocenters. The maximum absolute atomic E-state index is 14.2. The van der Waals surface area contributed by atoms with E-state index in [0.717, 1.165) is 30.9 Å². The highest BCUT2D eigenvalue weighted by Crippen LogP contribution is 2.30. The predicted octanol–water partition coefficient (Wildman–Crippen LogP) is 3.69. The first kappa shape index (κ1) is 23.7. The van der Waals surface area contributed by atoms with E-state index in [0.29, 0.717) is 31.7 Å². The summed E-state index contributed by atoms with van der Waals surface area (Å²) in [5.74, 6) is -1.33. The summed E-state index contributed by atoms with van der Waals surface area (Å²) in [5.41, 5.74) is 0.495. The molecule has 1 aliphatic rings. The molecule has 1 aliphatic heterocycles. The number of nitrogens with one attached hydrogen (secondary N) is 1. The van der Waals surface area contributed by atoms with Crippen molar-refractivity contribution in [2.24, 2.45) is 5.92 Å². The third kappa shape index (κ3) is 6.07. The lowest BCUT2D eigenvalue weighted by Gasteiger charge is -2.34. The Morgan fingerprint density at radius 1 is 1.39 bits per heavy atom. The Balaban J connectivity index is 1.72. The molecule has 0 radical (unpaired) electrons. The molecule has 0 spiro atoms. The molecule has 1 amide bonds. The van der Waals surface area contributed by atoms with Gasteiger partial charge in [-0.2, -0.15) is 5.26 Å². The minimum atomic E-state index is -0.725. The number of hydrogen-bond acceptors (Lipinski definition) is 5. The van der Waals surface area contributed by atoms with Crippen molar-refractivity contribution in [1.29, 1.82) is 5.26 Å². The summed E-state index contributed by atoms with van der Waals surface area (Å²) in [6.45, 7) is 1.64. The van der Waals surface area contributed by atoms with Gasteiger partial charge in [-0.05, 0) is 71.3 Å². The van der Waals surface area contributed by atoms with Gasteiger partial charge in [0.05, 0.1) is 10.9 Å². The van der Waals surface area contributed by atoms with E-state index in [1.807, 2.05) is 0 Å². The smallest absolute Gasteiger partial charge is 0.240 e. The Labute approximate surface area is 192 Å². The largest absolute Gasteiger partial charge is 0.396 e. The van der Waals surface area contributed by atoms with Gasteiger partial charge in [0.1, 0.15) is 23.4 Å². The van der Waals surface area contributed by atoms with Gasteiger partial charge < -0.3 is 14.6 Å². The molecule has 2 N–H and O–H groups in total. The Morgan fingerprint density at radius 2 is 2.13 bits per heavy atom. The van der Waals surface area contributed by atoms with Crippen LogP contribution in [0.3, 0.4) is 0 Å². The summed E-state index contributed by atoms with van der Waals surface area (Å²) >= 11 is 4.10. The Bertz CT molecular complexity index is 934. The van der Waals surface area contributed by atoms with Crippen molar-refractivity contribution >= 4 is 33.8 Å². The minimum Gasteiger partial charge on any atom is -0.396 e. The zero-order valence-corrected chi connectivity index (χ0v) is 19.1. The molecule has 1 atom stereocenters. The van der Waals surface area contributed by atoms with Crippen LogP contribution in [0.5, 0.6) is 0 Å². The normalized spacial score (nSPS) is 15.6. The van der Waals surface area contributed by atoms with Gasteiger partial charge in [0.15, 0.2) is 0 Å². The molecular weight excluding hydrogens is 490 g/mol. The van der Waals surface area contributed by atoms with Crippen LogP contribution in [0, 0.1) is 28.9 Å². The average Bonchev–Trinajstić information content (AvgIpc) is 3.22. The lowest BCUT2D eigenvalue weighted by atomic mass is 9.97. The molecular formula is C21H23BrF2N4O2S. The van der Waals surface area contributed by atoms with Crippen LogP contribution < -0.4 is 4.72 Å². The van der Waals surface area contributed by atoms with E-state index in [1.54, 1.807) is 27.8 Å². The molecule has 10 heteroatoms. The van der Waals surface area contributed by atoms with Crippen LogP contribution in [0.1, 0.15) is 25.0 Å². The van der Waals surface area contributed by atoms with Gasteiger partial charge in [-0.25, -0.2) is 13.5 Å². The van der Waals surface area contributed by atoms with E-state index < -0.39 is 17.7 Å². The number of piperidine rings is 1. The number of carbonyl (C=O) groups is 1.